The number of aliphatic hydroxyl groups is 1. The molecule has 1 aliphatic heterocycles. The molecule has 1 heterocycles. The number of aliphatic imine (C=N–C) groups is 1. The summed E-state index contributed by atoms with van der Waals surface area (Å²) in [5.74, 6) is 2.59. The van der Waals surface area contributed by atoms with Gasteiger partial charge in [0.25, 0.3) is 0 Å². The van der Waals surface area contributed by atoms with Crippen LogP contribution in [0.2, 0.25) is 0 Å². The Balaban J connectivity index is 2.03. The number of aliphatic hydroxyl groups excluding tert-OH is 1. The van der Waals surface area contributed by atoms with Crippen LogP contribution in [0.4, 0.5) is 0 Å². The van der Waals surface area contributed by atoms with Gasteiger partial charge in [-0.1, -0.05) is 24.1 Å². The van der Waals surface area contributed by atoms with Gasteiger partial charge in [-0.25, -0.2) is 15.1 Å². The van der Waals surface area contributed by atoms with Crippen molar-refractivity contribution in [2.24, 2.45) is 16.2 Å². The maximum atomic E-state index is 12.2. The molecule has 1 fully saturated rings. The second-order valence-corrected chi connectivity index (χ2v) is 6.39. The van der Waals surface area contributed by atoms with Gasteiger partial charge in [0, 0.05) is 6.42 Å². The Hall–Kier alpha value is -1.88. The highest BCUT2D eigenvalue weighted by molar-refractivity contribution is 7.51. The molecule has 0 saturated carbocycles. The number of nitrogens with zero attached hydrogens (tertiary/aromatic N) is 1. The number of ether oxygens (including phenoxy) is 1. The second-order valence-electron chi connectivity index (χ2n) is 4.87. The topological polar surface area (TPSA) is 129 Å². The Morgan fingerprint density at radius 2 is 2.26 bits per heavy atom. The highest BCUT2D eigenvalue weighted by atomic mass is 31.2. The van der Waals surface area contributed by atoms with E-state index in [2.05, 4.69) is 10.9 Å². The third-order valence-corrected chi connectivity index (χ3v) is 4.20. The molecule has 0 radical (unpaired) electrons. The Kier molecular flexibility index (Phi) is 5.42. The van der Waals surface area contributed by atoms with Gasteiger partial charge in [-0.05, 0) is 12.1 Å². The van der Waals surface area contributed by atoms with Crippen LogP contribution in [0.5, 0.6) is 5.75 Å². The minimum absolute atomic E-state index is 0.135. The molecule has 0 aromatic heterocycles. The van der Waals surface area contributed by atoms with Gasteiger partial charge in [0.05, 0.1) is 6.34 Å². The van der Waals surface area contributed by atoms with Crippen LogP contribution in [0, 0.1) is 12.3 Å². The SMILES string of the molecule is C#C[C@]1(COP(N)(=O)Oc2ccccc2)O[C@@H](N=CN)C[C@@H]1O. The number of hydrogen-bond acceptors (Lipinski definition) is 6. The molecule has 1 unspecified atom stereocenters. The zero-order chi connectivity index (χ0) is 16.9. The molecule has 2 rings (SSSR count). The molecule has 1 aromatic carbocycles. The summed E-state index contributed by atoms with van der Waals surface area (Å²) in [6, 6.07) is 8.30. The standard InChI is InChI=1S/C14H18N3O5P/c1-2-14(12(18)8-13(21-14)17-10-15)9-20-23(16,19)22-11-6-4-3-5-7-11/h1,3-7,10,12-13,18H,8-9H2,(H2,15,17)(H2,16,19)/t12-,13+,14+,23?/m0/s1. The molecule has 0 aliphatic carbocycles. The summed E-state index contributed by atoms with van der Waals surface area (Å²) in [6.07, 6.45) is 4.84. The lowest BCUT2D eigenvalue weighted by atomic mass is 9.99. The van der Waals surface area contributed by atoms with E-state index in [1.54, 1.807) is 30.3 Å². The van der Waals surface area contributed by atoms with Gasteiger partial charge < -0.3 is 20.1 Å². The van der Waals surface area contributed by atoms with Crippen molar-refractivity contribution in [3.63, 3.8) is 0 Å². The first-order chi connectivity index (χ1) is 10.9. The molecule has 0 amide bonds. The lowest BCUT2D eigenvalue weighted by Gasteiger charge is -2.27. The Morgan fingerprint density at radius 1 is 1.57 bits per heavy atom. The van der Waals surface area contributed by atoms with Crippen molar-refractivity contribution in [1.29, 1.82) is 0 Å². The average Bonchev–Trinajstić information content (AvgIpc) is 2.83. The minimum Gasteiger partial charge on any atom is -0.413 e. The monoisotopic (exact) mass is 339 g/mol. The van der Waals surface area contributed by atoms with Gasteiger partial charge in [0.1, 0.15) is 18.5 Å². The van der Waals surface area contributed by atoms with E-state index in [0.717, 1.165) is 6.34 Å². The van der Waals surface area contributed by atoms with Crippen LogP contribution >= 0.6 is 7.75 Å². The number of hydrogen-bond donors (Lipinski definition) is 3. The summed E-state index contributed by atoms with van der Waals surface area (Å²) >= 11 is 0. The Bertz CT molecular complexity index is 648. The largest absolute Gasteiger partial charge is 0.456 e. The molecule has 0 spiro atoms. The van der Waals surface area contributed by atoms with Crippen molar-refractivity contribution in [1.82, 2.24) is 0 Å². The third-order valence-electron chi connectivity index (χ3n) is 3.24. The summed E-state index contributed by atoms with van der Waals surface area (Å²) in [4.78, 5) is 3.82. The normalized spacial score (nSPS) is 30.0. The lowest BCUT2D eigenvalue weighted by Crippen LogP contribution is -2.42. The molecule has 0 bridgehead atoms. The highest BCUT2D eigenvalue weighted by Gasteiger charge is 2.48. The van der Waals surface area contributed by atoms with Gasteiger partial charge in [-0.3, -0.25) is 4.52 Å². The van der Waals surface area contributed by atoms with Crippen LogP contribution in [0.15, 0.2) is 35.3 Å². The molecule has 23 heavy (non-hydrogen) atoms. The second kappa shape index (κ2) is 7.13. The number of terminal acetylenes is 1. The van der Waals surface area contributed by atoms with Crippen molar-refractivity contribution in [3.05, 3.63) is 30.3 Å². The van der Waals surface area contributed by atoms with E-state index in [0.29, 0.717) is 0 Å². The molecule has 9 heteroatoms. The van der Waals surface area contributed by atoms with Crippen LogP contribution < -0.4 is 15.8 Å². The number of benzene rings is 1. The fourth-order valence-electron chi connectivity index (χ4n) is 2.08. The molecule has 4 atom stereocenters. The Labute approximate surface area is 134 Å². The molecular formula is C14H18N3O5P. The smallest absolute Gasteiger partial charge is 0.413 e. The summed E-state index contributed by atoms with van der Waals surface area (Å²) in [5, 5.41) is 10.1. The lowest BCUT2D eigenvalue weighted by molar-refractivity contribution is -0.0644. The minimum atomic E-state index is -3.93. The third kappa shape index (κ3) is 4.32. The van der Waals surface area contributed by atoms with Crippen LogP contribution in [0.25, 0.3) is 0 Å². The van der Waals surface area contributed by atoms with Crippen LogP contribution in [-0.2, 0) is 13.8 Å². The molecular weight excluding hydrogens is 321 g/mol. The molecule has 124 valence electrons. The maximum absolute atomic E-state index is 12.2. The van der Waals surface area contributed by atoms with E-state index in [1.165, 1.54) is 0 Å². The summed E-state index contributed by atoms with van der Waals surface area (Å²) in [7, 11) is -3.93. The summed E-state index contributed by atoms with van der Waals surface area (Å²) < 4.78 is 27.9. The van der Waals surface area contributed by atoms with Crippen molar-refractivity contribution < 1.29 is 23.5 Å². The fourth-order valence-corrected chi connectivity index (χ4v) is 2.92. The average molecular weight is 339 g/mol. The first-order valence-corrected chi connectivity index (χ1v) is 8.37. The molecule has 1 aliphatic rings. The summed E-state index contributed by atoms with van der Waals surface area (Å²) in [6.45, 7) is -0.415. The fraction of sp³-hybridized carbons (Fsp3) is 0.357. The molecule has 8 nitrogen and oxygen atoms in total. The molecule has 5 N–H and O–H groups in total. The van der Waals surface area contributed by atoms with Crippen LogP contribution in [-0.4, -0.2) is 36.0 Å². The van der Waals surface area contributed by atoms with E-state index < -0.39 is 32.3 Å². The van der Waals surface area contributed by atoms with Crippen molar-refractivity contribution in [3.8, 4) is 18.1 Å². The Morgan fingerprint density at radius 3 is 2.87 bits per heavy atom. The van der Waals surface area contributed by atoms with Gasteiger partial charge >= 0.3 is 7.75 Å². The summed E-state index contributed by atoms with van der Waals surface area (Å²) in [5.41, 5.74) is 9.21. The van der Waals surface area contributed by atoms with Gasteiger partial charge in [-0.15, -0.1) is 6.42 Å². The van der Waals surface area contributed by atoms with Gasteiger partial charge in [0.15, 0.2) is 11.8 Å². The molecule has 1 aromatic rings. The van der Waals surface area contributed by atoms with E-state index in [9.17, 15) is 9.67 Å². The van der Waals surface area contributed by atoms with E-state index in [4.69, 9.17) is 31.4 Å². The van der Waals surface area contributed by atoms with Crippen LogP contribution in [0.1, 0.15) is 6.42 Å². The quantitative estimate of drug-likeness (QED) is 0.300. The van der Waals surface area contributed by atoms with E-state index in [-0.39, 0.29) is 12.2 Å². The number of rotatable bonds is 6. The number of nitrogens with two attached hydrogens (primary N) is 2. The predicted molar refractivity (Wildman–Crippen MR) is 84.6 cm³/mol. The van der Waals surface area contributed by atoms with Crippen molar-refractivity contribution in [2.75, 3.05) is 6.61 Å². The molecule has 1 saturated heterocycles. The maximum Gasteiger partial charge on any atom is 0.456 e. The van der Waals surface area contributed by atoms with Gasteiger partial charge in [-0.2, -0.15) is 0 Å². The predicted octanol–water partition coefficient (Wildman–Crippen LogP) is 0.615. The first kappa shape index (κ1) is 17.5. The highest BCUT2D eigenvalue weighted by Crippen LogP contribution is 2.42. The van der Waals surface area contributed by atoms with Gasteiger partial charge in [0.2, 0.25) is 0 Å². The van der Waals surface area contributed by atoms with Crippen molar-refractivity contribution in [2.45, 2.75) is 24.4 Å². The van der Waals surface area contributed by atoms with E-state index in [1.807, 2.05) is 0 Å². The van der Waals surface area contributed by atoms with Crippen molar-refractivity contribution >= 4 is 14.1 Å². The zero-order valence-corrected chi connectivity index (χ0v) is 13.1. The number of para-hydroxylation sites is 1. The van der Waals surface area contributed by atoms with Crippen LogP contribution in [0.3, 0.4) is 0 Å². The first-order valence-electron chi connectivity index (χ1n) is 6.75. The van der Waals surface area contributed by atoms with E-state index >= 15 is 0 Å². The zero-order valence-electron chi connectivity index (χ0n) is 12.2.